The number of ether oxygens (including phenoxy) is 1. The fourth-order valence-electron chi connectivity index (χ4n) is 2.51. The maximum Gasteiger partial charge on any atom is 0.410 e. The van der Waals surface area contributed by atoms with Gasteiger partial charge in [-0.3, -0.25) is 0 Å². The van der Waals surface area contributed by atoms with Gasteiger partial charge in [0.1, 0.15) is 17.1 Å². The Kier molecular flexibility index (Phi) is 7.29. The molecule has 1 amide bonds. The lowest BCUT2D eigenvalue weighted by Crippen LogP contribution is -2.43. The third-order valence-corrected chi connectivity index (χ3v) is 3.51. The number of amides is 1. The molecule has 0 aromatic carbocycles. The predicted octanol–water partition coefficient (Wildman–Crippen LogP) is 3.16. The normalized spacial score (nSPS) is 14.3. The number of furan rings is 1. The molecular weight excluding hydrogens is 308 g/mol. The van der Waals surface area contributed by atoms with E-state index in [4.69, 9.17) is 9.15 Å². The lowest BCUT2D eigenvalue weighted by atomic mass is 10.1. The number of aryl methyl sites for hydroxylation is 2. The Bertz CT molecular complexity index is 532. The number of aliphatic hydroxyl groups is 1. The van der Waals surface area contributed by atoms with Gasteiger partial charge in [0.25, 0.3) is 0 Å². The van der Waals surface area contributed by atoms with Gasteiger partial charge in [-0.05, 0) is 54.5 Å². The van der Waals surface area contributed by atoms with E-state index in [0.29, 0.717) is 13.1 Å². The second kappa shape index (κ2) is 8.53. The van der Waals surface area contributed by atoms with Crippen LogP contribution in [0.4, 0.5) is 4.79 Å². The zero-order valence-electron chi connectivity index (χ0n) is 16.0. The minimum Gasteiger partial charge on any atom is -0.466 e. The first-order valence-electron chi connectivity index (χ1n) is 8.46. The second-order valence-electron chi connectivity index (χ2n) is 7.32. The summed E-state index contributed by atoms with van der Waals surface area (Å²) in [4.78, 5) is 13.8. The van der Waals surface area contributed by atoms with Crippen LogP contribution in [0.2, 0.25) is 0 Å². The van der Waals surface area contributed by atoms with Gasteiger partial charge in [-0.2, -0.15) is 0 Å². The average molecular weight is 340 g/mol. The molecule has 0 aliphatic heterocycles. The predicted molar refractivity (Wildman–Crippen MR) is 94.1 cm³/mol. The monoisotopic (exact) mass is 340 g/mol. The minimum absolute atomic E-state index is 0.120. The largest absolute Gasteiger partial charge is 0.466 e. The van der Waals surface area contributed by atoms with Crippen molar-refractivity contribution in [3.63, 3.8) is 0 Å². The van der Waals surface area contributed by atoms with Gasteiger partial charge in [0.05, 0.1) is 6.10 Å². The summed E-state index contributed by atoms with van der Waals surface area (Å²) < 4.78 is 10.9. The highest BCUT2D eigenvalue weighted by Gasteiger charge is 2.23. The van der Waals surface area contributed by atoms with Crippen LogP contribution in [0.3, 0.4) is 0 Å². The summed E-state index contributed by atoms with van der Waals surface area (Å²) in [6.45, 7) is 14.4. The summed E-state index contributed by atoms with van der Waals surface area (Å²) in [5, 5.41) is 13.0. The van der Waals surface area contributed by atoms with Crippen molar-refractivity contribution in [2.45, 2.75) is 66.2 Å². The molecule has 24 heavy (non-hydrogen) atoms. The molecule has 6 nitrogen and oxygen atoms in total. The number of rotatable bonds is 7. The zero-order chi connectivity index (χ0) is 18.5. The first-order valence-corrected chi connectivity index (χ1v) is 8.46. The Morgan fingerprint density at radius 1 is 1.38 bits per heavy atom. The maximum absolute atomic E-state index is 12.2. The van der Waals surface area contributed by atoms with E-state index in [1.54, 1.807) is 6.92 Å². The third kappa shape index (κ3) is 6.93. The number of carbonyl (C=O) groups is 1. The molecule has 0 aliphatic carbocycles. The quantitative estimate of drug-likeness (QED) is 0.797. The van der Waals surface area contributed by atoms with E-state index in [0.717, 1.165) is 17.1 Å². The molecule has 2 unspecified atom stereocenters. The van der Waals surface area contributed by atoms with Crippen LogP contribution >= 0.6 is 0 Å². The van der Waals surface area contributed by atoms with Crippen LogP contribution in [0.5, 0.6) is 0 Å². The van der Waals surface area contributed by atoms with E-state index in [9.17, 15) is 9.90 Å². The molecule has 0 fully saturated rings. The van der Waals surface area contributed by atoms with E-state index in [-0.39, 0.29) is 12.6 Å². The minimum atomic E-state index is -0.603. The van der Waals surface area contributed by atoms with Crippen LogP contribution in [0.1, 0.15) is 57.7 Å². The van der Waals surface area contributed by atoms with Crippen LogP contribution in [-0.2, 0) is 4.74 Å². The topological polar surface area (TPSA) is 74.9 Å². The van der Waals surface area contributed by atoms with Crippen molar-refractivity contribution in [1.82, 2.24) is 10.2 Å². The molecule has 2 N–H and O–H groups in total. The van der Waals surface area contributed by atoms with Crippen LogP contribution in [0.15, 0.2) is 10.5 Å². The van der Waals surface area contributed by atoms with Gasteiger partial charge in [-0.25, -0.2) is 4.79 Å². The maximum atomic E-state index is 12.2. The van der Waals surface area contributed by atoms with Gasteiger partial charge in [-0.15, -0.1) is 0 Å². The summed E-state index contributed by atoms with van der Waals surface area (Å²) in [5.41, 5.74) is 0.562. The molecule has 1 aromatic heterocycles. The average Bonchev–Trinajstić information content (AvgIpc) is 2.74. The van der Waals surface area contributed by atoms with Gasteiger partial charge in [0, 0.05) is 31.2 Å². The molecule has 0 saturated carbocycles. The van der Waals surface area contributed by atoms with Gasteiger partial charge in [0.15, 0.2) is 0 Å². The molecule has 1 rings (SSSR count). The molecule has 0 saturated heterocycles. The number of aliphatic hydroxyl groups excluding tert-OH is 1. The van der Waals surface area contributed by atoms with Crippen LogP contribution in [0, 0.1) is 13.8 Å². The highest BCUT2D eigenvalue weighted by Crippen LogP contribution is 2.21. The van der Waals surface area contributed by atoms with Gasteiger partial charge in [0.2, 0.25) is 0 Å². The number of carbonyl (C=O) groups excluding carboxylic acids is 1. The molecule has 0 radical (unpaired) electrons. The Hall–Kier alpha value is -1.53. The van der Waals surface area contributed by atoms with Crippen molar-refractivity contribution >= 4 is 6.09 Å². The van der Waals surface area contributed by atoms with E-state index in [1.807, 2.05) is 40.7 Å². The van der Waals surface area contributed by atoms with Crippen molar-refractivity contribution < 1.29 is 19.1 Å². The summed E-state index contributed by atoms with van der Waals surface area (Å²) in [5.74, 6) is 1.79. The molecular formula is C18H32N2O4. The number of nitrogens with zero attached hydrogens (tertiary/aromatic N) is 1. The molecule has 0 spiro atoms. The smallest absolute Gasteiger partial charge is 0.410 e. The molecule has 6 heteroatoms. The van der Waals surface area contributed by atoms with Gasteiger partial charge in [-0.1, -0.05) is 0 Å². The van der Waals surface area contributed by atoms with Crippen LogP contribution < -0.4 is 5.32 Å². The highest BCUT2D eigenvalue weighted by molar-refractivity contribution is 5.68. The lowest BCUT2D eigenvalue weighted by Gasteiger charge is -2.28. The Morgan fingerprint density at radius 3 is 2.46 bits per heavy atom. The molecule has 1 aromatic rings. The van der Waals surface area contributed by atoms with Crippen molar-refractivity contribution in [3.05, 3.63) is 23.2 Å². The highest BCUT2D eigenvalue weighted by atomic mass is 16.6. The molecule has 0 bridgehead atoms. The Balaban J connectivity index is 2.58. The fraction of sp³-hybridized carbons (Fsp3) is 0.722. The number of hydrogen-bond acceptors (Lipinski definition) is 5. The van der Waals surface area contributed by atoms with Crippen molar-refractivity contribution in [3.8, 4) is 0 Å². The number of hydrogen-bond donors (Lipinski definition) is 2. The van der Waals surface area contributed by atoms with Crippen molar-refractivity contribution in [2.75, 3.05) is 19.6 Å². The van der Waals surface area contributed by atoms with Crippen molar-refractivity contribution in [2.24, 2.45) is 0 Å². The Morgan fingerprint density at radius 2 is 2.00 bits per heavy atom. The summed E-state index contributed by atoms with van der Waals surface area (Å²) in [7, 11) is 0. The van der Waals surface area contributed by atoms with E-state index < -0.39 is 17.8 Å². The summed E-state index contributed by atoms with van der Waals surface area (Å²) in [6.07, 6.45) is -1.01. The fourth-order valence-corrected chi connectivity index (χ4v) is 2.51. The van der Waals surface area contributed by atoms with Gasteiger partial charge < -0.3 is 24.5 Å². The van der Waals surface area contributed by atoms with Crippen molar-refractivity contribution in [1.29, 1.82) is 0 Å². The first-order chi connectivity index (χ1) is 11.0. The second-order valence-corrected chi connectivity index (χ2v) is 7.32. The summed E-state index contributed by atoms with van der Waals surface area (Å²) >= 11 is 0. The SMILES string of the molecule is Cc1cc(C(C)NCCN(CC(C)O)C(=O)OC(C)(C)C)c(C)o1. The Labute approximate surface area is 145 Å². The molecule has 0 aliphatic rings. The van der Waals surface area contributed by atoms with E-state index in [1.165, 1.54) is 4.90 Å². The lowest BCUT2D eigenvalue weighted by molar-refractivity contribution is 0.0163. The zero-order valence-corrected chi connectivity index (χ0v) is 16.0. The first kappa shape index (κ1) is 20.5. The van der Waals surface area contributed by atoms with Gasteiger partial charge >= 0.3 is 6.09 Å². The standard InChI is InChI=1S/C18H32N2O4/c1-12(21)11-20(17(22)24-18(5,6)7)9-8-19-14(3)16-10-13(2)23-15(16)4/h10,12,14,19,21H,8-9,11H2,1-7H3. The third-order valence-electron chi connectivity index (χ3n) is 3.51. The molecule has 1 heterocycles. The van der Waals surface area contributed by atoms with Crippen LogP contribution in [-0.4, -0.2) is 47.4 Å². The molecule has 138 valence electrons. The summed E-state index contributed by atoms with van der Waals surface area (Å²) in [6, 6.07) is 2.14. The van der Waals surface area contributed by atoms with E-state index in [2.05, 4.69) is 12.2 Å². The van der Waals surface area contributed by atoms with E-state index >= 15 is 0 Å². The molecule has 2 atom stereocenters. The number of nitrogens with one attached hydrogen (secondary N) is 1. The van der Waals surface area contributed by atoms with Crippen LogP contribution in [0.25, 0.3) is 0 Å².